The van der Waals surface area contributed by atoms with Gasteiger partial charge in [-0.3, -0.25) is 4.79 Å². The number of hydrogen-bond donors (Lipinski definition) is 1. The summed E-state index contributed by atoms with van der Waals surface area (Å²) in [5.74, 6) is 4.57. The van der Waals surface area contributed by atoms with Gasteiger partial charge in [0.25, 0.3) is 5.17 Å². The Hall–Kier alpha value is -0.840. The standard InChI is InChI=1S/C30H49NO3S/c1-18(2)8-7-9-19(3)23-10-11-24-22-16-26-30(34-27(35)31-26)17-21(33-20(4)32)12-15-29(30,6)25(22)13-14-28(23,24)5/h18-19,21-26H,7-17H2,1-6H3,(H,31,35)/t19-,21?,22+,23-,24+,25+,26+,28-,29-,30-/m1/s1. The third-order valence-corrected chi connectivity index (χ3v) is 12.1. The summed E-state index contributed by atoms with van der Waals surface area (Å²) in [6.45, 7) is 14.0. The molecule has 1 spiro atoms. The van der Waals surface area contributed by atoms with Crippen LogP contribution in [0, 0.1) is 46.3 Å². The highest BCUT2D eigenvalue weighted by Crippen LogP contribution is 2.70. The first-order chi connectivity index (χ1) is 16.5. The summed E-state index contributed by atoms with van der Waals surface area (Å²) in [5.41, 5.74) is 0.219. The lowest BCUT2D eigenvalue weighted by Gasteiger charge is -2.65. The fourth-order valence-electron chi connectivity index (χ4n) is 10.4. The minimum atomic E-state index is -0.334. The summed E-state index contributed by atoms with van der Waals surface area (Å²) in [7, 11) is 0. The summed E-state index contributed by atoms with van der Waals surface area (Å²) < 4.78 is 12.4. The summed E-state index contributed by atoms with van der Waals surface area (Å²) in [6, 6.07) is 0.240. The first-order valence-electron chi connectivity index (χ1n) is 14.7. The van der Waals surface area contributed by atoms with Crippen molar-refractivity contribution in [2.45, 2.75) is 130 Å². The van der Waals surface area contributed by atoms with Crippen molar-refractivity contribution >= 4 is 23.4 Å². The van der Waals surface area contributed by atoms with Crippen LogP contribution in [0.2, 0.25) is 0 Å². The molecule has 4 nitrogen and oxygen atoms in total. The second kappa shape index (κ2) is 9.17. The van der Waals surface area contributed by atoms with Crippen LogP contribution < -0.4 is 5.32 Å². The van der Waals surface area contributed by atoms with Gasteiger partial charge < -0.3 is 14.8 Å². The van der Waals surface area contributed by atoms with E-state index < -0.39 is 0 Å². The van der Waals surface area contributed by atoms with Gasteiger partial charge in [-0.15, -0.1) is 0 Å². The Balaban J connectivity index is 1.38. The number of esters is 1. The maximum Gasteiger partial charge on any atom is 0.302 e. The molecule has 0 amide bonds. The summed E-state index contributed by atoms with van der Waals surface area (Å²) in [6.07, 6.45) is 13.5. The molecular weight excluding hydrogens is 454 g/mol. The highest BCUT2D eigenvalue weighted by Gasteiger charge is 2.71. The Morgan fingerprint density at radius 2 is 1.89 bits per heavy atom. The Labute approximate surface area is 219 Å². The van der Waals surface area contributed by atoms with E-state index in [1.807, 2.05) is 0 Å². The lowest BCUT2D eigenvalue weighted by atomic mass is 9.42. The number of rotatable bonds is 6. The Morgan fingerprint density at radius 1 is 1.11 bits per heavy atom. The molecule has 10 atom stereocenters. The molecule has 0 radical (unpaired) electrons. The first kappa shape index (κ1) is 25.8. The fourth-order valence-corrected chi connectivity index (χ4v) is 10.6. The average molecular weight is 504 g/mol. The van der Waals surface area contributed by atoms with E-state index in [-0.39, 0.29) is 29.1 Å². The molecule has 35 heavy (non-hydrogen) atoms. The molecule has 5 heteroatoms. The van der Waals surface area contributed by atoms with Crippen LogP contribution in [0.1, 0.15) is 112 Å². The lowest BCUT2D eigenvalue weighted by Crippen LogP contribution is -2.69. The lowest BCUT2D eigenvalue weighted by molar-refractivity contribution is -0.214. The van der Waals surface area contributed by atoms with Gasteiger partial charge in [-0.2, -0.15) is 0 Å². The minimum absolute atomic E-state index is 0.0567. The smallest absolute Gasteiger partial charge is 0.302 e. The van der Waals surface area contributed by atoms with Crippen molar-refractivity contribution in [1.82, 2.24) is 5.32 Å². The molecule has 4 saturated carbocycles. The van der Waals surface area contributed by atoms with Crippen LogP contribution in [0.3, 0.4) is 0 Å². The molecule has 5 fully saturated rings. The number of carbonyl (C=O) groups is 1. The van der Waals surface area contributed by atoms with Crippen LogP contribution in [-0.2, 0) is 14.3 Å². The van der Waals surface area contributed by atoms with E-state index in [0.717, 1.165) is 55.3 Å². The van der Waals surface area contributed by atoms with Gasteiger partial charge in [0.15, 0.2) is 0 Å². The number of ether oxygens (including phenoxy) is 2. The van der Waals surface area contributed by atoms with E-state index in [2.05, 4.69) is 39.9 Å². The normalized spacial score (nSPS) is 47.1. The fraction of sp³-hybridized carbons (Fsp3) is 0.933. The minimum Gasteiger partial charge on any atom is -0.462 e. The summed E-state index contributed by atoms with van der Waals surface area (Å²) in [4.78, 5) is 11.8. The zero-order valence-electron chi connectivity index (χ0n) is 23.0. The topological polar surface area (TPSA) is 47.6 Å². The SMILES string of the molecule is CC(=O)OC1CC[C@]2(C)[C@H]3CC[C@]4(C)[C@@H]([C@H](C)CCCC(C)C)CC[C@H]4[C@@H]3C[C@@H]3NC(=S)O[C@]32C1. The molecule has 5 rings (SSSR count). The average Bonchev–Trinajstić information content (AvgIpc) is 3.28. The van der Waals surface area contributed by atoms with Crippen LogP contribution >= 0.6 is 12.2 Å². The molecule has 1 N–H and O–H groups in total. The number of hydrogen-bond acceptors (Lipinski definition) is 4. The van der Waals surface area contributed by atoms with E-state index in [9.17, 15) is 4.79 Å². The molecule has 1 aliphatic heterocycles. The Morgan fingerprint density at radius 3 is 2.60 bits per heavy atom. The zero-order chi connectivity index (χ0) is 25.2. The number of fused-ring (bicyclic) bond motifs is 4. The van der Waals surface area contributed by atoms with Gasteiger partial charge in [0.05, 0.1) is 6.04 Å². The molecule has 1 heterocycles. The van der Waals surface area contributed by atoms with Gasteiger partial charge in [-0.25, -0.2) is 0 Å². The van der Waals surface area contributed by atoms with Crippen molar-refractivity contribution in [3.05, 3.63) is 0 Å². The molecule has 4 aliphatic carbocycles. The zero-order valence-corrected chi connectivity index (χ0v) is 23.8. The van der Waals surface area contributed by atoms with Crippen LogP contribution in [0.15, 0.2) is 0 Å². The molecular formula is C30H49NO3S. The molecule has 0 aromatic rings. The third kappa shape index (κ3) is 4.05. The summed E-state index contributed by atoms with van der Waals surface area (Å²) in [5, 5.41) is 4.18. The van der Waals surface area contributed by atoms with Crippen LogP contribution in [-0.4, -0.2) is 28.9 Å². The van der Waals surface area contributed by atoms with Gasteiger partial charge in [0.1, 0.15) is 11.7 Å². The molecule has 0 aromatic carbocycles. The van der Waals surface area contributed by atoms with E-state index in [4.69, 9.17) is 21.7 Å². The number of nitrogens with one attached hydrogen (secondary N) is 1. The first-order valence-corrected chi connectivity index (χ1v) is 15.1. The molecule has 0 bridgehead atoms. The monoisotopic (exact) mass is 503 g/mol. The highest BCUT2D eigenvalue weighted by molar-refractivity contribution is 7.80. The summed E-state index contributed by atoms with van der Waals surface area (Å²) >= 11 is 5.62. The van der Waals surface area contributed by atoms with Crippen molar-refractivity contribution in [2.24, 2.45) is 46.3 Å². The molecule has 1 unspecified atom stereocenters. The van der Waals surface area contributed by atoms with Gasteiger partial charge in [0, 0.05) is 18.8 Å². The van der Waals surface area contributed by atoms with Crippen molar-refractivity contribution in [3.8, 4) is 0 Å². The maximum absolute atomic E-state index is 11.8. The maximum atomic E-state index is 11.8. The third-order valence-electron chi connectivity index (χ3n) is 11.9. The second-order valence-electron chi connectivity index (χ2n) is 14.0. The number of carbonyl (C=O) groups excluding carboxylic acids is 1. The molecule has 5 aliphatic rings. The van der Waals surface area contributed by atoms with Gasteiger partial charge in [-0.1, -0.05) is 53.9 Å². The Bertz CT molecular complexity index is 845. The van der Waals surface area contributed by atoms with Crippen molar-refractivity contribution in [2.75, 3.05) is 0 Å². The van der Waals surface area contributed by atoms with Crippen LogP contribution in [0.25, 0.3) is 0 Å². The van der Waals surface area contributed by atoms with E-state index in [1.54, 1.807) is 0 Å². The van der Waals surface area contributed by atoms with E-state index in [1.165, 1.54) is 51.9 Å². The predicted molar refractivity (Wildman–Crippen MR) is 144 cm³/mol. The largest absolute Gasteiger partial charge is 0.462 e. The Kier molecular flexibility index (Phi) is 6.76. The quantitative estimate of drug-likeness (QED) is 0.311. The van der Waals surface area contributed by atoms with Crippen LogP contribution in [0.4, 0.5) is 0 Å². The van der Waals surface area contributed by atoms with Gasteiger partial charge >= 0.3 is 5.97 Å². The second-order valence-corrected chi connectivity index (χ2v) is 14.4. The number of thiocarbonyl (C=S) groups is 1. The van der Waals surface area contributed by atoms with E-state index in [0.29, 0.717) is 16.5 Å². The molecule has 198 valence electrons. The molecule has 1 saturated heterocycles. The van der Waals surface area contributed by atoms with E-state index >= 15 is 0 Å². The van der Waals surface area contributed by atoms with Crippen molar-refractivity contribution in [3.63, 3.8) is 0 Å². The van der Waals surface area contributed by atoms with Gasteiger partial charge in [0.2, 0.25) is 0 Å². The van der Waals surface area contributed by atoms with Crippen LogP contribution in [0.5, 0.6) is 0 Å². The van der Waals surface area contributed by atoms with Crippen molar-refractivity contribution < 1.29 is 14.3 Å². The predicted octanol–water partition coefficient (Wildman–Crippen LogP) is 7.05. The van der Waals surface area contributed by atoms with Crippen molar-refractivity contribution in [1.29, 1.82) is 0 Å². The molecule has 0 aromatic heterocycles. The van der Waals surface area contributed by atoms with Gasteiger partial charge in [-0.05, 0) is 98.1 Å². The highest BCUT2D eigenvalue weighted by atomic mass is 32.1.